The number of hydrogen-bond acceptors (Lipinski definition) is 2. The Morgan fingerprint density at radius 1 is 1.62 bits per heavy atom. The van der Waals surface area contributed by atoms with Gasteiger partial charge in [-0.2, -0.15) is 5.26 Å². The SMILES string of the molecule is Cc1cccc(C(=O)NC#N)c1F. The summed E-state index contributed by atoms with van der Waals surface area (Å²) in [6.07, 6.45) is 1.45. The molecule has 0 heterocycles. The van der Waals surface area contributed by atoms with Crippen LogP contribution in [0.5, 0.6) is 0 Å². The second-order valence-electron chi connectivity index (χ2n) is 2.50. The monoisotopic (exact) mass is 178 g/mol. The van der Waals surface area contributed by atoms with Gasteiger partial charge in [0.25, 0.3) is 5.91 Å². The van der Waals surface area contributed by atoms with Crippen LogP contribution in [0.3, 0.4) is 0 Å². The van der Waals surface area contributed by atoms with E-state index in [-0.39, 0.29) is 5.56 Å². The van der Waals surface area contributed by atoms with Gasteiger partial charge in [0, 0.05) is 0 Å². The molecule has 0 spiro atoms. The first-order chi connectivity index (χ1) is 6.16. The van der Waals surface area contributed by atoms with E-state index in [2.05, 4.69) is 0 Å². The number of nitriles is 1. The number of aryl methyl sites for hydroxylation is 1. The van der Waals surface area contributed by atoms with Crippen LogP contribution in [0.1, 0.15) is 15.9 Å². The first-order valence-corrected chi connectivity index (χ1v) is 3.61. The molecular weight excluding hydrogens is 171 g/mol. The lowest BCUT2D eigenvalue weighted by Crippen LogP contribution is -2.19. The number of benzene rings is 1. The second-order valence-corrected chi connectivity index (χ2v) is 2.50. The Balaban J connectivity index is 3.09. The molecule has 0 atom stereocenters. The Labute approximate surface area is 74.8 Å². The minimum absolute atomic E-state index is 0.110. The third kappa shape index (κ3) is 1.82. The maximum atomic E-state index is 13.2. The van der Waals surface area contributed by atoms with E-state index in [1.54, 1.807) is 19.1 Å². The average molecular weight is 178 g/mol. The third-order valence-corrected chi connectivity index (χ3v) is 1.61. The summed E-state index contributed by atoms with van der Waals surface area (Å²) in [6, 6.07) is 4.44. The lowest BCUT2D eigenvalue weighted by molar-refractivity contribution is 0.0968. The van der Waals surface area contributed by atoms with Gasteiger partial charge in [-0.3, -0.25) is 10.1 Å². The summed E-state index contributed by atoms with van der Waals surface area (Å²) >= 11 is 0. The molecule has 66 valence electrons. The van der Waals surface area contributed by atoms with E-state index in [4.69, 9.17) is 5.26 Å². The molecule has 1 aromatic rings. The van der Waals surface area contributed by atoms with Gasteiger partial charge in [0.2, 0.25) is 0 Å². The van der Waals surface area contributed by atoms with Crippen LogP contribution in [-0.2, 0) is 0 Å². The van der Waals surface area contributed by atoms with Crippen molar-refractivity contribution < 1.29 is 9.18 Å². The van der Waals surface area contributed by atoms with E-state index in [9.17, 15) is 9.18 Å². The highest BCUT2D eigenvalue weighted by Crippen LogP contribution is 2.11. The molecule has 0 radical (unpaired) electrons. The summed E-state index contributed by atoms with van der Waals surface area (Å²) in [5.41, 5.74) is 0.270. The molecule has 0 saturated carbocycles. The summed E-state index contributed by atoms with van der Waals surface area (Å²) in [5.74, 6) is -1.31. The molecule has 1 amide bonds. The van der Waals surface area contributed by atoms with Crippen LogP contribution in [-0.4, -0.2) is 5.91 Å². The molecule has 3 nitrogen and oxygen atoms in total. The molecule has 0 aliphatic carbocycles. The molecular formula is C9H7FN2O. The maximum absolute atomic E-state index is 13.2. The van der Waals surface area contributed by atoms with Crippen molar-refractivity contribution in [3.63, 3.8) is 0 Å². The highest BCUT2D eigenvalue weighted by Gasteiger charge is 2.11. The van der Waals surface area contributed by atoms with Gasteiger partial charge < -0.3 is 0 Å². The van der Waals surface area contributed by atoms with Gasteiger partial charge in [-0.25, -0.2) is 4.39 Å². The normalized spacial score (nSPS) is 9.00. The zero-order chi connectivity index (χ0) is 9.84. The van der Waals surface area contributed by atoms with Gasteiger partial charge in [0.05, 0.1) is 5.56 Å². The summed E-state index contributed by atoms with van der Waals surface area (Å²) < 4.78 is 13.2. The van der Waals surface area contributed by atoms with Crippen molar-refractivity contribution in [3.8, 4) is 6.19 Å². The van der Waals surface area contributed by atoms with Crippen LogP contribution in [0.2, 0.25) is 0 Å². The summed E-state index contributed by atoms with van der Waals surface area (Å²) in [5, 5.41) is 10.0. The summed E-state index contributed by atoms with van der Waals surface area (Å²) in [6.45, 7) is 1.55. The Bertz CT molecular complexity index is 382. The van der Waals surface area contributed by atoms with Crippen LogP contribution in [0.25, 0.3) is 0 Å². The number of nitrogens with one attached hydrogen (secondary N) is 1. The molecule has 0 saturated heterocycles. The molecule has 0 bridgehead atoms. The van der Waals surface area contributed by atoms with Crippen LogP contribution in [0.15, 0.2) is 18.2 Å². The number of hydrogen-bond donors (Lipinski definition) is 1. The van der Waals surface area contributed by atoms with E-state index in [0.29, 0.717) is 5.56 Å². The Morgan fingerprint density at radius 3 is 2.92 bits per heavy atom. The fourth-order valence-electron chi connectivity index (χ4n) is 0.941. The molecule has 13 heavy (non-hydrogen) atoms. The summed E-state index contributed by atoms with van der Waals surface area (Å²) in [7, 11) is 0. The quantitative estimate of drug-likeness (QED) is 0.521. The number of nitrogens with zero attached hydrogens (tertiary/aromatic N) is 1. The minimum Gasteiger partial charge on any atom is -0.268 e. The Morgan fingerprint density at radius 2 is 2.31 bits per heavy atom. The number of carbonyl (C=O) groups excluding carboxylic acids is 1. The van der Waals surface area contributed by atoms with Crippen molar-refractivity contribution >= 4 is 5.91 Å². The van der Waals surface area contributed by atoms with Crippen molar-refractivity contribution in [2.45, 2.75) is 6.92 Å². The molecule has 4 heteroatoms. The fraction of sp³-hybridized carbons (Fsp3) is 0.111. The maximum Gasteiger partial charge on any atom is 0.267 e. The highest BCUT2D eigenvalue weighted by atomic mass is 19.1. The molecule has 0 unspecified atom stereocenters. The zero-order valence-electron chi connectivity index (χ0n) is 6.97. The molecule has 0 aromatic heterocycles. The topological polar surface area (TPSA) is 52.9 Å². The van der Waals surface area contributed by atoms with E-state index < -0.39 is 11.7 Å². The number of amides is 1. The van der Waals surface area contributed by atoms with E-state index in [1.165, 1.54) is 12.3 Å². The van der Waals surface area contributed by atoms with Crippen LogP contribution >= 0.6 is 0 Å². The fourth-order valence-corrected chi connectivity index (χ4v) is 0.941. The smallest absolute Gasteiger partial charge is 0.267 e. The second kappa shape index (κ2) is 3.68. The predicted molar refractivity (Wildman–Crippen MR) is 44.2 cm³/mol. The molecule has 1 aromatic carbocycles. The summed E-state index contributed by atoms with van der Waals surface area (Å²) in [4.78, 5) is 11.0. The molecule has 0 aliphatic heterocycles. The molecule has 1 rings (SSSR count). The van der Waals surface area contributed by atoms with Crippen molar-refractivity contribution in [3.05, 3.63) is 35.1 Å². The lowest BCUT2D eigenvalue weighted by Gasteiger charge is -2.01. The number of halogens is 1. The number of carbonyl (C=O) groups is 1. The largest absolute Gasteiger partial charge is 0.268 e. The van der Waals surface area contributed by atoms with Gasteiger partial charge in [-0.15, -0.1) is 0 Å². The van der Waals surface area contributed by atoms with Crippen molar-refractivity contribution in [1.29, 1.82) is 5.26 Å². The van der Waals surface area contributed by atoms with E-state index in [1.807, 2.05) is 5.32 Å². The first-order valence-electron chi connectivity index (χ1n) is 3.61. The van der Waals surface area contributed by atoms with E-state index in [0.717, 1.165) is 0 Å². The van der Waals surface area contributed by atoms with Gasteiger partial charge in [-0.05, 0) is 18.6 Å². The first kappa shape index (κ1) is 9.20. The van der Waals surface area contributed by atoms with Crippen molar-refractivity contribution in [1.82, 2.24) is 5.32 Å². The highest BCUT2D eigenvalue weighted by molar-refractivity contribution is 5.95. The van der Waals surface area contributed by atoms with E-state index >= 15 is 0 Å². The van der Waals surface area contributed by atoms with Crippen LogP contribution < -0.4 is 5.32 Å². The van der Waals surface area contributed by atoms with Crippen molar-refractivity contribution in [2.75, 3.05) is 0 Å². The van der Waals surface area contributed by atoms with Gasteiger partial charge in [-0.1, -0.05) is 12.1 Å². The molecule has 1 N–H and O–H groups in total. The van der Waals surface area contributed by atoms with Crippen LogP contribution in [0, 0.1) is 24.2 Å². The minimum atomic E-state index is -0.719. The zero-order valence-corrected chi connectivity index (χ0v) is 6.97. The average Bonchev–Trinajstić information content (AvgIpc) is 2.10. The standard InChI is InChI=1S/C9H7FN2O/c1-6-3-2-4-7(8(6)10)9(13)12-5-11/h2-4H,1H3,(H,12,13). The number of rotatable bonds is 1. The third-order valence-electron chi connectivity index (χ3n) is 1.61. The van der Waals surface area contributed by atoms with Crippen molar-refractivity contribution in [2.24, 2.45) is 0 Å². The van der Waals surface area contributed by atoms with Gasteiger partial charge in [0.1, 0.15) is 5.82 Å². The Kier molecular flexibility index (Phi) is 2.60. The van der Waals surface area contributed by atoms with Gasteiger partial charge in [0.15, 0.2) is 6.19 Å². The molecule has 0 fully saturated rings. The molecule has 0 aliphatic rings. The Hall–Kier alpha value is -1.89. The van der Waals surface area contributed by atoms with Crippen LogP contribution in [0.4, 0.5) is 4.39 Å². The lowest BCUT2D eigenvalue weighted by atomic mass is 10.1. The van der Waals surface area contributed by atoms with Gasteiger partial charge >= 0.3 is 0 Å². The predicted octanol–water partition coefficient (Wildman–Crippen LogP) is 1.34.